The molecule has 3 fully saturated rings. The van der Waals surface area contributed by atoms with Gasteiger partial charge in [0.1, 0.15) is 17.1 Å². The number of hydrogen-bond donors (Lipinski definition) is 2. The number of benzene rings is 1. The van der Waals surface area contributed by atoms with Crippen molar-refractivity contribution < 1.29 is 28.2 Å². The van der Waals surface area contributed by atoms with Gasteiger partial charge in [-0.3, -0.25) is 4.79 Å². The van der Waals surface area contributed by atoms with Crippen LogP contribution in [0.25, 0.3) is 10.9 Å². The zero-order valence-corrected chi connectivity index (χ0v) is 16.1. The molecule has 2 aromatic rings. The molecule has 1 saturated carbocycles. The number of pyridine rings is 1. The number of nitrogens with two attached hydrogens (primary N) is 1. The second-order valence-electron chi connectivity index (χ2n) is 8.23. The molecule has 30 heavy (non-hydrogen) atoms. The molecule has 3 aliphatic rings. The first-order valence-electron chi connectivity index (χ1n) is 9.91. The molecule has 0 radical (unpaired) electrons. The summed E-state index contributed by atoms with van der Waals surface area (Å²) in [6, 6.07) is 0.863. The maximum absolute atomic E-state index is 15.7. The zero-order chi connectivity index (χ0) is 21.2. The molecular formula is C20H21F2N3O5. The summed E-state index contributed by atoms with van der Waals surface area (Å²) >= 11 is 0. The maximum atomic E-state index is 15.7. The summed E-state index contributed by atoms with van der Waals surface area (Å²) in [4.78, 5) is 25.2. The molecule has 3 heterocycles. The molecule has 2 aliphatic heterocycles. The third-order valence-electron chi connectivity index (χ3n) is 6.45. The van der Waals surface area contributed by atoms with Crippen molar-refractivity contribution >= 4 is 22.7 Å². The van der Waals surface area contributed by atoms with Crippen LogP contribution in [0.15, 0.2) is 17.1 Å². The topological polar surface area (TPSA) is 107 Å². The van der Waals surface area contributed by atoms with E-state index in [1.54, 1.807) is 4.90 Å². The highest BCUT2D eigenvalue weighted by Crippen LogP contribution is 2.44. The summed E-state index contributed by atoms with van der Waals surface area (Å²) in [6.07, 6.45) is 1.79. The van der Waals surface area contributed by atoms with E-state index in [1.165, 1.54) is 10.8 Å². The number of aromatic nitrogens is 1. The van der Waals surface area contributed by atoms with Gasteiger partial charge in [0, 0.05) is 38.2 Å². The van der Waals surface area contributed by atoms with Crippen molar-refractivity contribution in [2.45, 2.75) is 30.9 Å². The minimum absolute atomic E-state index is 0.0450. The van der Waals surface area contributed by atoms with E-state index in [0.717, 1.165) is 25.3 Å². The lowest BCUT2D eigenvalue weighted by Crippen LogP contribution is -2.44. The fourth-order valence-electron chi connectivity index (χ4n) is 4.84. The van der Waals surface area contributed by atoms with Gasteiger partial charge in [-0.1, -0.05) is 0 Å². The minimum atomic E-state index is -1.66. The first-order chi connectivity index (χ1) is 14.3. The summed E-state index contributed by atoms with van der Waals surface area (Å²) in [5.74, 6) is -2.13. The molecule has 0 bridgehead atoms. The Morgan fingerprint density at radius 2 is 2.13 bits per heavy atom. The van der Waals surface area contributed by atoms with Crippen LogP contribution in [0.4, 0.5) is 19.3 Å². The van der Waals surface area contributed by atoms with Gasteiger partial charge in [0.25, 0.3) is 0 Å². The van der Waals surface area contributed by atoms with Gasteiger partial charge < -0.3 is 29.8 Å². The van der Waals surface area contributed by atoms with Crippen molar-refractivity contribution in [3.63, 3.8) is 0 Å². The number of fused-ring (bicyclic) bond motifs is 2. The minimum Gasteiger partial charge on any atom is -0.449 e. The average molecular weight is 421 g/mol. The average Bonchev–Trinajstić information content (AvgIpc) is 3.36. The van der Waals surface area contributed by atoms with Crippen LogP contribution in [0.3, 0.4) is 0 Å². The van der Waals surface area contributed by atoms with E-state index < -0.39 is 34.6 Å². The standard InChI is InChI=1S/C20H21F2N3O5/c21-13-5-12-16(25(11-1-2-11)7-14(18(12)26)30-19(27)28)15(22)17(13)24-6-10-3-4-29-20(10,8-23)9-24/h5,7,10-11H,1-4,6,8-9,23H2,(H,27,28)/t10-,20?/m1/s1. The Kier molecular flexibility index (Phi) is 4.26. The molecule has 1 aromatic heterocycles. The van der Waals surface area contributed by atoms with Gasteiger partial charge in [0.15, 0.2) is 11.6 Å². The second kappa shape index (κ2) is 6.64. The number of halogens is 2. The van der Waals surface area contributed by atoms with Crippen molar-refractivity contribution in [2.24, 2.45) is 11.7 Å². The Morgan fingerprint density at radius 3 is 2.77 bits per heavy atom. The molecule has 2 atom stereocenters. The van der Waals surface area contributed by atoms with Gasteiger partial charge in [-0.05, 0) is 25.3 Å². The molecule has 160 valence electrons. The van der Waals surface area contributed by atoms with Gasteiger partial charge >= 0.3 is 6.16 Å². The van der Waals surface area contributed by atoms with E-state index in [0.29, 0.717) is 13.2 Å². The van der Waals surface area contributed by atoms with Crippen LogP contribution in [-0.2, 0) is 4.74 Å². The van der Waals surface area contributed by atoms with Crippen LogP contribution in [0.2, 0.25) is 0 Å². The van der Waals surface area contributed by atoms with Crippen molar-refractivity contribution in [3.05, 3.63) is 34.1 Å². The Balaban J connectivity index is 1.68. The van der Waals surface area contributed by atoms with Crippen LogP contribution in [0, 0.1) is 17.6 Å². The van der Waals surface area contributed by atoms with Crippen molar-refractivity contribution in [2.75, 3.05) is 31.1 Å². The Hall–Kier alpha value is -2.72. The van der Waals surface area contributed by atoms with Crippen LogP contribution in [0.5, 0.6) is 5.75 Å². The van der Waals surface area contributed by atoms with Crippen LogP contribution < -0.4 is 20.8 Å². The van der Waals surface area contributed by atoms with E-state index in [1.807, 2.05) is 0 Å². The van der Waals surface area contributed by atoms with Crippen molar-refractivity contribution in [3.8, 4) is 5.75 Å². The molecule has 0 spiro atoms. The Bertz CT molecular complexity index is 1120. The summed E-state index contributed by atoms with van der Waals surface area (Å²) < 4.78 is 42.7. The summed E-state index contributed by atoms with van der Waals surface area (Å²) in [5, 5.41) is 8.64. The molecule has 2 saturated heterocycles. The summed E-state index contributed by atoms with van der Waals surface area (Å²) in [6.45, 7) is 1.51. The van der Waals surface area contributed by atoms with E-state index in [4.69, 9.17) is 15.6 Å². The predicted molar refractivity (Wildman–Crippen MR) is 103 cm³/mol. The van der Waals surface area contributed by atoms with Crippen molar-refractivity contribution in [1.82, 2.24) is 4.57 Å². The maximum Gasteiger partial charge on any atom is 0.511 e. The number of hydrogen-bond acceptors (Lipinski definition) is 6. The highest BCUT2D eigenvalue weighted by molar-refractivity contribution is 5.86. The van der Waals surface area contributed by atoms with Crippen LogP contribution >= 0.6 is 0 Å². The third kappa shape index (κ3) is 2.78. The lowest BCUT2D eigenvalue weighted by molar-refractivity contribution is 0.0126. The Labute approximate surface area is 169 Å². The molecular weight excluding hydrogens is 400 g/mol. The van der Waals surface area contributed by atoms with Gasteiger partial charge in [0.05, 0.1) is 17.1 Å². The van der Waals surface area contributed by atoms with Gasteiger partial charge in [-0.2, -0.15) is 0 Å². The van der Waals surface area contributed by atoms with Gasteiger partial charge in [-0.15, -0.1) is 0 Å². The molecule has 0 amide bonds. The summed E-state index contributed by atoms with van der Waals surface area (Å²) in [5.41, 5.74) is 4.17. The summed E-state index contributed by atoms with van der Waals surface area (Å²) in [7, 11) is 0. The highest BCUT2D eigenvalue weighted by atomic mass is 19.1. The quantitative estimate of drug-likeness (QED) is 0.729. The molecule has 1 unspecified atom stereocenters. The predicted octanol–water partition coefficient (Wildman–Crippen LogP) is 2.23. The number of rotatable bonds is 4. The molecule has 5 rings (SSSR count). The molecule has 8 nitrogen and oxygen atoms in total. The van der Waals surface area contributed by atoms with E-state index in [9.17, 15) is 9.59 Å². The number of ether oxygens (including phenoxy) is 2. The number of carbonyl (C=O) groups is 1. The number of anilines is 1. The molecule has 1 aliphatic carbocycles. The monoisotopic (exact) mass is 421 g/mol. The number of carboxylic acid groups (broad SMARTS) is 1. The highest BCUT2D eigenvalue weighted by Gasteiger charge is 2.51. The van der Waals surface area contributed by atoms with E-state index in [-0.39, 0.29) is 41.6 Å². The fraction of sp³-hybridized carbons (Fsp3) is 0.500. The Morgan fingerprint density at radius 1 is 1.37 bits per heavy atom. The first kappa shape index (κ1) is 19.3. The SMILES string of the molecule is NCC12CN(c3c(F)cc4c(=O)c(OC(=O)O)cn(C5CC5)c4c3F)C[C@H]1CCO2. The van der Waals surface area contributed by atoms with Gasteiger partial charge in [-0.25, -0.2) is 13.6 Å². The van der Waals surface area contributed by atoms with Crippen molar-refractivity contribution in [1.29, 1.82) is 0 Å². The molecule has 3 N–H and O–H groups in total. The lowest BCUT2D eigenvalue weighted by Gasteiger charge is -2.27. The molecule has 1 aromatic carbocycles. The molecule has 10 heteroatoms. The zero-order valence-electron chi connectivity index (χ0n) is 16.1. The third-order valence-corrected chi connectivity index (χ3v) is 6.45. The van der Waals surface area contributed by atoms with E-state index >= 15 is 8.78 Å². The largest absolute Gasteiger partial charge is 0.511 e. The van der Waals surface area contributed by atoms with Gasteiger partial charge in [0.2, 0.25) is 5.43 Å². The van der Waals surface area contributed by atoms with E-state index in [2.05, 4.69) is 4.74 Å². The fourth-order valence-corrected chi connectivity index (χ4v) is 4.84. The first-order valence-corrected chi connectivity index (χ1v) is 9.91. The smallest absolute Gasteiger partial charge is 0.449 e. The van der Waals surface area contributed by atoms with Crippen LogP contribution in [-0.4, -0.2) is 47.7 Å². The normalized spacial score (nSPS) is 25.7. The number of nitrogens with zero attached hydrogens (tertiary/aromatic N) is 2. The second-order valence-corrected chi connectivity index (χ2v) is 8.23. The lowest BCUT2D eigenvalue weighted by atomic mass is 9.91. The van der Waals surface area contributed by atoms with Crippen LogP contribution in [0.1, 0.15) is 25.3 Å².